The molecule has 2 N–H and O–H groups in total. The maximum absolute atomic E-state index is 12.6. The molecule has 4 heteroatoms. The largest absolute Gasteiger partial charge is 0.508 e. The Morgan fingerprint density at radius 1 is 1.10 bits per heavy atom. The average Bonchev–Trinajstić information content (AvgIpc) is 2.46. The fraction of sp³-hybridized carbons (Fsp3) is 0.188. The highest BCUT2D eigenvalue weighted by Gasteiger charge is 2.25. The SMILES string of the molecule is O=C(c1ccc(O)cc1O)N1CCCc2ccccc21. The molecule has 0 spiro atoms. The molecule has 0 atom stereocenters. The molecule has 102 valence electrons. The van der Waals surface area contributed by atoms with Crippen molar-refractivity contribution in [2.24, 2.45) is 0 Å². The van der Waals surface area contributed by atoms with Gasteiger partial charge in [0.2, 0.25) is 0 Å². The van der Waals surface area contributed by atoms with Gasteiger partial charge in [0.05, 0.1) is 5.56 Å². The zero-order valence-corrected chi connectivity index (χ0v) is 10.9. The number of carbonyl (C=O) groups is 1. The number of hydrogen-bond acceptors (Lipinski definition) is 3. The van der Waals surface area contributed by atoms with E-state index in [1.54, 1.807) is 4.90 Å². The summed E-state index contributed by atoms with van der Waals surface area (Å²) in [7, 11) is 0. The number of para-hydroxylation sites is 1. The number of hydrogen-bond donors (Lipinski definition) is 2. The van der Waals surface area contributed by atoms with Crippen molar-refractivity contribution in [3.8, 4) is 11.5 Å². The van der Waals surface area contributed by atoms with Crippen LogP contribution in [-0.2, 0) is 6.42 Å². The smallest absolute Gasteiger partial charge is 0.262 e. The van der Waals surface area contributed by atoms with Gasteiger partial charge in [0.1, 0.15) is 11.5 Å². The van der Waals surface area contributed by atoms with Gasteiger partial charge < -0.3 is 15.1 Å². The van der Waals surface area contributed by atoms with E-state index in [1.165, 1.54) is 18.2 Å². The van der Waals surface area contributed by atoms with Crippen LogP contribution in [0, 0.1) is 0 Å². The first kappa shape index (κ1) is 12.5. The number of nitrogens with zero attached hydrogens (tertiary/aromatic N) is 1. The lowest BCUT2D eigenvalue weighted by molar-refractivity contribution is 0.0982. The average molecular weight is 269 g/mol. The standard InChI is InChI=1S/C16H15NO3/c18-12-7-8-13(15(19)10-12)16(20)17-9-3-5-11-4-1-2-6-14(11)17/h1-2,4,6-8,10,18-19H,3,5,9H2. The molecule has 1 aliphatic rings. The Kier molecular flexibility index (Phi) is 3.06. The van der Waals surface area contributed by atoms with Crippen molar-refractivity contribution >= 4 is 11.6 Å². The van der Waals surface area contributed by atoms with Gasteiger partial charge in [-0.3, -0.25) is 4.79 Å². The van der Waals surface area contributed by atoms with Crippen LogP contribution in [-0.4, -0.2) is 22.7 Å². The van der Waals surface area contributed by atoms with Crippen molar-refractivity contribution in [3.63, 3.8) is 0 Å². The van der Waals surface area contributed by atoms with Gasteiger partial charge in [-0.15, -0.1) is 0 Å². The van der Waals surface area contributed by atoms with E-state index in [1.807, 2.05) is 24.3 Å². The van der Waals surface area contributed by atoms with Gasteiger partial charge in [-0.25, -0.2) is 0 Å². The Hall–Kier alpha value is -2.49. The van der Waals surface area contributed by atoms with E-state index in [0.29, 0.717) is 6.54 Å². The topological polar surface area (TPSA) is 60.8 Å². The quantitative estimate of drug-likeness (QED) is 0.836. The number of amides is 1. The first-order valence-electron chi connectivity index (χ1n) is 6.58. The van der Waals surface area contributed by atoms with Crippen LogP contribution in [0.4, 0.5) is 5.69 Å². The van der Waals surface area contributed by atoms with Crippen molar-refractivity contribution in [1.82, 2.24) is 0 Å². The molecule has 0 saturated carbocycles. The number of anilines is 1. The van der Waals surface area contributed by atoms with Crippen LogP contribution in [0.25, 0.3) is 0 Å². The first-order valence-corrected chi connectivity index (χ1v) is 6.58. The molecule has 0 unspecified atom stereocenters. The molecule has 0 saturated heterocycles. The van der Waals surface area contributed by atoms with E-state index in [9.17, 15) is 15.0 Å². The van der Waals surface area contributed by atoms with Crippen LogP contribution < -0.4 is 4.90 Å². The fourth-order valence-electron chi connectivity index (χ4n) is 2.59. The van der Waals surface area contributed by atoms with Crippen molar-refractivity contribution in [2.75, 3.05) is 11.4 Å². The molecule has 1 amide bonds. The van der Waals surface area contributed by atoms with Crippen LogP contribution in [0.2, 0.25) is 0 Å². The third-order valence-corrected chi connectivity index (χ3v) is 3.57. The number of fused-ring (bicyclic) bond motifs is 1. The van der Waals surface area contributed by atoms with Gasteiger partial charge in [-0.2, -0.15) is 0 Å². The van der Waals surface area contributed by atoms with E-state index < -0.39 is 0 Å². The van der Waals surface area contributed by atoms with Gasteiger partial charge in [-0.1, -0.05) is 18.2 Å². The molecule has 4 nitrogen and oxygen atoms in total. The fourth-order valence-corrected chi connectivity index (χ4v) is 2.59. The van der Waals surface area contributed by atoms with E-state index in [-0.39, 0.29) is 23.0 Å². The Balaban J connectivity index is 2.00. The minimum absolute atomic E-state index is 0.0573. The summed E-state index contributed by atoms with van der Waals surface area (Å²) in [5, 5.41) is 19.1. The normalized spacial score (nSPS) is 13.9. The number of rotatable bonds is 1. The summed E-state index contributed by atoms with van der Waals surface area (Å²) >= 11 is 0. The van der Waals surface area contributed by atoms with Crippen molar-refractivity contribution in [3.05, 3.63) is 53.6 Å². The van der Waals surface area contributed by atoms with Gasteiger partial charge in [0.15, 0.2) is 0 Å². The van der Waals surface area contributed by atoms with Crippen LogP contribution >= 0.6 is 0 Å². The maximum Gasteiger partial charge on any atom is 0.262 e. The zero-order chi connectivity index (χ0) is 14.1. The molecule has 1 heterocycles. The van der Waals surface area contributed by atoms with Crippen LogP contribution in [0.15, 0.2) is 42.5 Å². The van der Waals surface area contributed by atoms with Gasteiger partial charge >= 0.3 is 0 Å². The second-order valence-electron chi connectivity index (χ2n) is 4.89. The number of phenolic OH excluding ortho intramolecular Hbond substituents is 2. The predicted molar refractivity (Wildman–Crippen MR) is 76.2 cm³/mol. The second-order valence-corrected chi connectivity index (χ2v) is 4.89. The van der Waals surface area contributed by atoms with E-state index in [0.717, 1.165) is 24.1 Å². The van der Waals surface area contributed by atoms with Gasteiger partial charge in [0, 0.05) is 18.3 Å². The van der Waals surface area contributed by atoms with Crippen molar-refractivity contribution in [2.45, 2.75) is 12.8 Å². The van der Waals surface area contributed by atoms with E-state index in [2.05, 4.69) is 0 Å². The highest BCUT2D eigenvalue weighted by Crippen LogP contribution is 2.30. The summed E-state index contributed by atoms with van der Waals surface area (Å²) in [5.74, 6) is -0.495. The molecule has 1 aliphatic heterocycles. The second kappa shape index (κ2) is 4.89. The van der Waals surface area contributed by atoms with Gasteiger partial charge in [-0.05, 0) is 36.6 Å². The Morgan fingerprint density at radius 2 is 1.90 bits per heavy atom. The third-order valence-electron chi connectivity index (χ3n) is 3.57. The summed E-state index contributed by atoms with van der Waals surface area (Å²) < 4.78 is 0. The number of benzene rings is 2. The molecular weight excluding hydrogens is 254 g/mol. The minimum Gasteiger partial charge on any atom is -0.508 e. The summed E-state index contributed by atoms with van der Waals surface area (Å²) in [6.45, 7) is 0.635. The third kappa shape index (κ3) is 2.09. The molecular formula is C16H15NO3. The van der Waals surface area contributed by atoms with Gasteiger partial charge in [0.25, 0.3) is 5.91 Å². The molecule has 3 rings (SSSR count). The van der Waals surface area contributed by atoms with Crippen LogP contribution in [0.3, 0.4) is 0 Å². The predicted octanol–water partition coefficient (Wildman–Crippen LogP) is 2.69. The van der Waals surface area contributed by atoms with Crippen LogP contribution in [0.1, 0.15) is 22.3 Å². The highest BCUT2D eigenvalue weighted by atomic mass is 16.3. The van der Waals surface area contributed by atoms with Crippen LogP contribution in [0.5, 0.6) is 11.5 Å². The first-order chi connectivity index (χ1) is 9.66. The molecule has 0 bridgehead atoms. The number of aromatic hydroxyl groups is 2. The number of carbonyl (C=O) groups excluding carboxylic acids is 1. The Morgan fingerprint density at radius 3 is 2.70 bits per heavy atom. The monoisotopic (exact) mass is 269 g/mol. The summed E-state index contributed by atoms with van der Waals surface area (Å²) in [4.78, 5) is 14.3. The Bertz CT molecular complexity index is 667. The maximum atomic E-state index is 12.6. The summed E-state index contributed by atoms with van der Waals surface area (Å²) in [5.41, 5.74) is 2.25. The molecule has 20 heavy (non-hydrogen) atoms. The molecule has 2 aromatic rings. The molecule has 0 radical (unpaired) electrons. The zero-order valence-electron chi connectivity index (χ0n) is 10.9. The highest BCUT2D eigenvalue weighted by molar-refractivity contribution is 6.08. The molecule has 0 aliphatic carbocycles. The van der Waals surface area contributed by atoms with Crippen molar-refractivity contribution < 1.29 is 15.0 Å². The lowest BCUT2D eigenvalue weighted by Crippen LogP contribution is -2.35. The molecule has 2 aromatic carbocycles. The number of aryl methyl sites for hydroxylation is 1. The number of phenols is 2. The lowest BCUT2D eigenvalue weighted by Gasteiger charge is -2.29. The van der Waals surface area contributed by atoms with Crippen molar-refractivity contribution in [1.29, 1.82) is 0 Å². The Labute approximate surface area is 116 Å². The molecule has 0 fully saturated rings. The minimum atomic E-state index is -0.241. The molecule has 0 aromatic heterocycles. The lowest BCUT2D eigenvalue weighted by atomic mass is 10.0. The summed E-state index contributed by atoms with van der Waals surface area (Å²) in [6.07, 6.45) is 1.86. The van der Waals surface area contributed by atoms with E-state index in [4.69, 9.17) is 0 Å². The summed E-state index contributed by atoms with van der Waals surface area (Å²) in [6, 6.07) is 11.8. The van der Waals surface area contributed by atoms with E-state index >= 15 is 0 Å².